The molecule has 3 N–H and O–H groups in total. The molecule has 5 aliphatic heterocycles. The fourth-order valence-electron chi connectivity index (χ4n) is 13.9. The third-order valence-corrected chi connectivity index (χ3v) is 16.2. The number of ether oxygens (including phenoxy) is 3. The van der Waals surface area contributed by atoms with Crippen molar-refractivity contribution >= 4 is 34.4 Å². The smallest absolute Gasteiger partial charge is 0.322 e. The van der Waals surface area contributed by atoms with Crippen LogP contribution in [0.25, 0.3) is 10.9 Å². The number of aromatic nitrogens is 1. The monoisotopic (exact) mass is 867 g/mol. The van der Waals surface area contributed by atoms with Gasteiger partial charge in [0.1, 0.15) is 22.9 Å². The summed E-state index contributed by atoms with van der Waals surface area (Å²) in [6.07, 6.45) is 8.28. The number of benzene rings is 3. The maximum Gasteiger partial charge on any atom is 0.322 e. The van der Waals surface area contributed by atoms with E-state index in [1.807, 2.05) is 44.3 Å². The lowest BCUT2D eigenvalue weighted by molar-refractivity contribution is -0.216. The maximum absolute atomic E-state index is 15.4. The molecule has 3 aromatic carbocycles. The number of aryl methyl sites for hydroxylation is 1. The van der Waals surface area contributed by atoms with E-state index in [0.717, 1.165) is 65.0 Å². The standard InChI is InChI=1S/C52H61N5O7/c1-8-33-23-34-26-51(48(60)63-7,43-37(29-56(27-33)28-34)36-16-10-11-17-40(36)54-43)39-24-38-41(25-42(39)62-6)55(5)46-50(38)19-21-57-20-13-18-49(9-2,45(50)57)47(64-32(4)58)52(46,61)30-53-44(59)35-15-12-14-31(3)22-35/h10-18,22-25,34,45-47,54,61H,8-9,19-21,26-30H2,1-7H3,(H,53,59)/t34-,45-,46+,47+,49+,50+,51-,52-/m0/s1. The number of aliphatic hydroxyl groups is 1. The second-order valence-corrected chi connectivity index (χ2v) is 19.4. The summed E-state index contributed by atoms with van der Waals surface area (Å²) in [5.41, 5.74) is 3.47. The molecule has 12 nitrogen and oxygen atoms in total. The highest BCUT2D eigenvalue weighted by Gasteiger charge is 2.78. The number of likely N-dealkylation sites (N-methyl/N-ethyl adjacent to an activating group) is 1. The Kier molecular flexibility index (Phi) is 10.2. The molecule has 6 heterocycles. The molecule has 64 heavy (non-hydrogen) atoms. The largest absolute Gasteiger partial charge is 0.496 e. The van der Waals surface area contributed by atoms with Crippen LogP contribution in [0.3, 0.4) is 0 Å². The van der Waals surface area contributed by atoms with Gasteiger partial charge < -0.3 is 34.5 Å². The second-order valence-electron chi connectivity index (χ2n) is 19.4. The Bertz CT molecular complexity index is 2640. The number of H-pyrrole nitrogens is 1. The van der Waals surface area contributed by atoms with Gasteiger partial charge in [0.15, 0.2) is 0 Å². The summed E-state index contributed by atoms with van der Waals surface area (Å²) >= 11 is 0. The van der Waals surface area contributed by atoms with E-state index in [4.69, 9.17) is 14.2 Å². The maximum atomic E-state index is 15.4. The lowest BCUT2D eigenvalue weighted by atomic mass is 9.47. The zero-order valence-electron chi connectivity index (χ0n) is 38.1. The number of esters is 2. The molecule has 0 radical (unpaired) electrons. The summed E-state index contributed by atoms with van der Waals surface area (Å²) in [6.45, 7) is 11.2. The average Bonchev–Trinajstić information content (AvgIpc) is 3.94. The van der Waals surface area contributed by atoms with Crippen molar-refractivity contribution in [2.45, 2.75) is 94.5 Å². The second kappa shape index (κ2) is 15.3. The number of hydrogen-bond donors (Lipinski definition) is 3. The molecule has 4 aromatic rings. The molecule has 1 aromatic heterocycles. The lowest BCUT2D eigenvalue weighted by Gasteiger charge is -2.64. The van der Waals surface area contributed by atoms with Crippen LogP contribution < -0.4 is 15.0 Å². The summed E-state index contributed by atoms with van der Waals surface area (Å²) in [4.78, 5) is 53.6. The number of nitrogens with zero attached hydrogens (tertiary/aromatic N) is 3. The number of amides is 1. The van der Waals surface area contributed by atoms with Crippen LogP contribution in [0.4, 0.5) is 5.69 Å². The Hall–Kier alpha value is -5.43. The zero-order chi connectivity index (χ0) is 44.9. The predicted octanol–water partition coefficient (Wildman–Crippen LogP) is 6.32. The quantitative estimate of drug-likeness (QED) is 0.130. The van der Waals surface area contributed by atoms with Gasteiger partial charge in [-0.15, -0.1) is 0 Å². The SMILES string of the molecule is CCC1=C[C@@H]2CN(C1)Cc1c([nH]c3ccccc13)[C@@](C(=O)OC)(c1cc3c(cc1OC)N(C)[C@H]1[C@@](O)(CNC(=O)c4cccc(C)c4)[C@H](OC(C)=O)[C@]4(CC)C=CCN5CC[C@]31[C@@H]54)C2. The summed E-state index contributed by atoms with van der Waals surface area (Å²) in [5, 5.41) is 18.1. The van der Waals surface area contributed by atoms with E-state index in [1.165, 1.54) is 19.6 Å². The summed E-state index contributed by atoms with van der Waals surface area (Å²) in [7, 11) is 5.13. The highest BCUT2D eigenvalue weighted by atomic mass is 16.6. The number of anilines is 1. The number of methoxy groups -OCH3 is 2. The molecule has 2 fully saturated rings. The molecule has 1 aliphatic carbocycles. The van der Waals surface area contributed by atoms with Gasteiger partial charge in [0.2, 0.25) is 0 Å². The topological polar surface area (TPSA) is 137 Å². The van der Waals surface area contributed by atoms with Crippen molar-refractivity contribution in [2.75, 3.05) is 58.9 Å². The number of nitrogens with one attached hydrogen (secondary N) is 2. The van der Waals surface area contributed by atoms with Crippen molar-refractivity contribution in [1.29, 1.82) is 0 Å². The number of aromatic amines is 1. The van der Waals surface area contributed by atoms with Crippen LogP contribution in [0.2, 0.25) is 0 Å². The minimum Gasteiger partial charge on any atom is -0.496 e. The fourth-order valence-corrected chi connectivity index (χ4v) is 13.9. The first-order chi connectivity index (χ1) is 30.8. The zero-order valence-corrected chi connectivity index (χ0v) is 38.1. The van der Waals surface area contributed by atoms with Gasteiger partial charge in [-0.3, -0.25) is 24.2 Å². The fraction of sp³-hybridized carbons (Fsp3) is 0.481. The van der Waals surface area contributed by atoms with Gasteiger partial charge in [-0.25, -0.2) is 0 Å². The molecular weight excluding hydrogens is 807 g/mol. The third-order valence-electron chi connectivity index (χ3n) is 16.2. The Morgan fingerprint density at radius 3 is 2.55 bits per heavy atom. The Morgan fingerprint density at radius 1 is 1.00 bits per heavy atom. The average molecular weight is 868 g/mol. The highest BCUT2D eigenvalue weighted by Crippen LogP contribution is 2.68. The molecule has 12 heteroatoms. The molecule has 336 valence electrons. The van der Waals surface area contributed by atoms with Crippen LogP contribution in [0.5, 0.6) is 5.75 Å². The van der Waals surface area contributed by atoms with E-state index in [1.54, 1.807) is 13.2 Å². The number of carbonyl (C=O) groups is 3. The van der Waals surface area contributed by atoms with E-state index >= 15 is 4.79 Å². The Labute approximate surface area is 375 Å². The van der Waals surface area contributed by atoms with Crippen molar-refractivity contribution in [3.63, 3.8) is 0 Å². The van der Waals surface area contributed by atoms with Gasteiger partial charge in [0.25, 0.3) is 5.91 Å². The van der Waals surface area contributed by atoms with Crippen LogP contribution in [0.1, 0.15) is 84.8 Å². The predicted molar refractivity (Wildman–Crippen MR) is 246 cm³/mol. The van der Waals surface area contributed by atoms with Crippen LogP contribution >= 0.6 is 0 Å². The van der Waals surface area contributed by atoms with Crippen molar-refractivity contribution in [3.05, 3.63) is 118 Å². The molecule has 1 amide bonds. The van der Waals surface area contributed by atoms with Crippen molar-refractivity contribution in [3.8, 4) is 5.75 Å². The normalized spacial score (nSPS) is 32.3. The first-order valence-corrected chi connectivity index (χ1v) is 23.0. The van der Waals surface area contributed by atoms with Gasteiger partial charge in [0.05, 0.1) is 26.8 Å². The minimum atomic E-state index is -1.80. The van der Waals surface area contributed by atoms with Crippen molar-refractivity contribution < 1.29 is 33.7 Å². The molecule has 10 rings (SSSR count). The summed E-state index contributed by atoms with van der Waals surface area (Å²) in [5.74, 6) is -0.617. The summed E-state index contributed by atoms with van der Waals surface area (Å²) < 4.78 is 18.9. The Balaban J connectivity index is 1.23. The molecule has 1 spiro atoms. The van der Waals surface area contributed by atoms with E-state index < -0.39 is 40.0 Å². The van der Waals surface area contributed by atoms with E-state index in [2.05, 4.69) is 81.3 Å². The molecule has 9 atom stereocenters. The van der Waals surface area contributed by atoms with E-state index in [9.17, 15) is 14.7 Å². The van der Waals surface area contributed by atoms with E-state index in [0.29, 0.717) is 49.2 Å². The summed E-state index contributed by atoms with van der Waals surface area (Å²) in [6, 6.07) is 19.0. The Morgan fingerprint density at radius 2 is 1.81 bits per heavy atom. The van der Waals surface area contributed by atoms with Gasteiger partial charge in [0, 0.05) is 96.5 Å². The molecule has 6 aliphatic rings. The first-order valence-electron chi connectivity index (χ1n) is 23.0. The van der Waals surface area contributed by atoms with Gasteiger partial charge in [-0.2, -0.15) is 0 Å². The molecule has 1 saturated carbocycles. The van der Waals surface area contributed by atoms with Gasteiger partial charge in [-0.1, -0.05) is 73.5 Å². The van der Waals surface area contributed by atoms with Gasteiger partial charge in [-0.05, 0) is 80.5 Å². The number of rotatable bonds is 9. The number of fused-ring (bicyclic) bond motifs is 6. The number of hydrogen-bond acceptors (Lipinski definition) is 10. The van der Waals surface area contributed by atoms with Crippen LogP contribution in [0, 0.1) is 18.3 Å². The van der Waals surface area contributed by atoms with Gasteiger partial charge >= 0.3 is 11.9 Å². The van der Waals surface area contributed by atoms with Crippen LogP contribution in [0.15, 0.2) is 84.5 Å². The molecular formula is C52H61N5O7. The van der Waals surface area contributed by atoms with E-state index in [-0.39, 0.29) is 30.4 Å². The molecule has 1 unspecified atom stereocenters. The van der Waals surface area contributed by atoms with Crippen molar-refractivity contribution in [2.24, 2.45) is 11.3 Å². The van der Waals surface area contributed by atoms with Crippen LogP contribution in [-0.4, -0.2) is 116 Å². The first kappa shape index (κ1) is 42.5. The number of carbonyl (C=O) groups excluding carboxylic acids is 3. The molecule has 1 saturated heterocycles. The lowest BCUT2D eigenvalue weighted by Crippen LogP contribution is -2.81. The number of para-hydroxylation sites is 1. The van der Waals surface area contributed by atoms with Crippen molar-refractivity contribution in [1.82, 2.24) is 20.1 Å². The highest BCUT2D eigenvalue weighted by molar-refractivity contribution is 5.95. The molecule has 2 bridgehead atoms. The minimum absolute atomic E-state index is 0.0355. The van der Waals surface area contributed by atoms with Crippen LogP contribution in [-0.2, 0) is 36.4 Å². The third kappa shape index (κ3) is 5.87.